The van der Waals surface area contributed by atoms with Gasteiger partial charge in [-0.25, -0.2) is 50.5 Å². The largest absolute Gasteiger partial charge is 1.00 e. The Labute approximate surface area is 446 Å². The SMILES string of the molecule is O=S(=O)([O-])c1cc(NC(=S)Nc2cc(S(=O)(=O)[O-])cc3cc(S(=O)(=O)[O-])cc(S(=O)(=O)[O-])c23)c2c(S(=O)(=O)[O-])cc(S(=O)(=O)[O-])cc2c1.[Na+].[Na+].[Na+].[Na+].[Na+].[Na+]. The molecule has 0 unspecified atom stereocenters. The van der Waals surface area contributed by atoms with Crippen molar-refractivity contribution in [2.45, 2.75) is 29.4 Å². The first kappa shape index (κ1) is 60.9. The second-order valence-electron chi connectivity index (χ2n) is 9.28. The summed E-state index contributed by atoms with van der Waals surface area (Å²) in [4.78, 5) is -8.03. The van der Waals surface area contributed by atoms with Gasteiger partial charge < -0.3 is 38.0 Å². The molecule has 260 valence electrons. The van der Waals surface area contributed by atoms with Crippen LogP contribution in [0, 0.1) is 0 Å². The molecule has 0 saturated heterocycles. The average Bonchev–Trinajstić information content (AvgIpc) is 2.88. The predicted molar refractivity (Wildman–Crippen MR) is 156 cm³/mol. The molecule has 0 aliphatic carbocycles. The Hall–Kier alpha value is 2.55. The minimum atomic E-state index is -5.73. The minimum Gasteiger partial charge on any atom is -0.744 e. The molecular formula is C21H10N2Na6O18S7. The molecule has 20 nitrogen and oxygen atoms in total. The molecule has 0 fully saturated rings. The Morgan fingerprint density at radius 1 is 0.389 bits per heavy atom. The Balaban J connectivity index is -0.00000433. The fourth-order valence-corrected chi connectivity index (χ4v) is 8.29. The van der Waals surface area contributed by atoms with E-state index < -0.39 is 128 Å². The molecule has 33 heteroatoms. The molecular weight excluding hydrogens is 931 g/mol. The van der Waals surface area contributed by atoms with Gasteiger partial charge in [0.1, 0.15) is 60.7 Å². The summed E-state index contributed by atoms with van der Waals surface area (Å²) < 4.78 is 213. The van der Waals surface area contributed by atoms with E-state index in [0.717, 1.165) is 0 Å². The fraction of sp³-hybridized carbons (Fsp3) is 0. The molecule has 2 N–H and O–H groups in total. The number of anilines is 2. The zero-order valence-corrected chi connectivity index (χ0v) is 46.0. The smallest absolute Gasteiger partial charge is 0.744 e. The fourth-order valence-electron chi connectivity index (χ4n) is 4.29. The van der Waals surface area contributed by atoms with Gasteiger partial charge in [0.2, 0.25) is 0 Å². The van der Waals surface area contributed by atoms with Crippen molar-refractivity contribution in [1.82, 2.24) is 0 Å². The van der Waals surface area contributed by atoms with Gasteiger partial charge in [-0.05, 0) is 71.5 Å². The number of benzene rings is 4. The third kappa shape index (κ3) is 14.9. The molecule has 0 atom stereocenters. The maximum atomic E-state index is 12.1. The summed E-state index contributed by atoms with van der Waals surface area (Å²) in [6.45, 7) is 0. The number of fused-ring (bicyclic) bond motifs is 2. The third-order valence-electron chi connectivity index (χ3n) is 6.11. The summed E-state index contributed by atoms with van der Waals surface area (Å²) in [6, 6.07) is 2.66. The van der Waals surface area contributed by atoms with Crippen molar-refractivity contribution < 1.29 is 255 Å². The summed E-state index contributed by atoms with van der Waals surface area (Å²) >= 11 is 5.04. The van der Waals surface area contributed by atoms with E-state index in [2.05, 4.69) is 10.6 Å². The normalized spacial score (nSPS) is 12.0. The van der Waals surface area contributed by atoms with Crippen LogP contribution in [0.25, 0.3) is 21.5 Å². The number of nitrogens with one attached hydrogen (secondary N) is 2. The van der Waals surface area contributed by atoms with Crippen molar-refractivity contribution in [2.24, 2.45) is 0 Å². The minimum absolute atomic E-state index is 0. The quantitative estimate of drug-likeness (QED) is 0.0941. The molecule has 0 aromatic heterocycles. The van der Waals surface area contributed by atoms with Gasteiger partial charge in [-0.15, -0.1) is 0 Å². The number of rotatable bonds is 8. The monoisotopic (exact) mass is 940 g/mol. The van der Waals surface area contributed by atoms with Crippen LogP contribution in [-0.4, -0.2) is 82.9 Å². The first-order valence-corrected chi connectivity index (χ1v) is 20.4. The van der Waals surface area contributed by atoms with Crippen molar-refractivity contribution in [3.63, 3.8) is 0 Å². The summed E-state index contributed by atoms with van der Waals surface area (Å²) in [5.41, 5.74) is -1.76. The maximum absolute atomic E-state index is 12.1. The summed E-state index contributed by atoms with van der Waals surface area (Å²) in [6.07, 6.45) is 0. The predicted octanol–water partition coefficient (Wildman–Crippen LogP) is -18.7. The Morgan fingerprint density at radius 3 is 0.815 bits per heavy atom. The van der Waals surface area contributed by atoms with Crippen molar-refractivity contribution in [1.29, 1.82) is 0 Å². The van der Waals surface area contributed by atoms with E-state index in [1.54, 1.807) is 0 Å². The van der Waals surface area contributed by atoms with Gasteiger partial charge >= 0.3 is 177 Å². The Kier molecular flexibility index (Phi) is 24.3. The van der Waals surface area contributed by atoms with Gasteiger partial charge in [0.25, 0.3) is 0 Å². The topological polar surface area (TPSA) is 367 Å². The van der Waals surface area contributed by atoms with Crippen LogP contribution < -0.4 is 188 Å². The van der Waals surface area contributed by atoms with Crippen molar-refractivity contribution in [3.05, 3.63) is 48.5 Å². The first-order chi connectivity index (χ1) is 21.5. The Morgan fingerprint density at radius 2 is 0.611 bits per heavy atom. The van der Waals surface area contributed by atoms with Gasteiger partial charge in [-0.1, -0.05) is 0 Å². The molecule has 0 aliphatic rings. The van der Waals surface area contributed by atoms with Gasteiger partial charge in [-0.3, -0.25) is 0 Å². The van der Waals surface area contributed by atoms with Crippen LogP contribution in [0.1, 0.15) is 0 Å². The van der Waals surface area contributed by atoms with Gasteiger partial charge in [0, 0.05) is 10.8 Å². The van der Waals surface area contributed by atoms with Crippen LogP contribution in [0.5, 0.6) is 0 Å². The molecule has 0 spiro atoms. The van der Waals surface area contributed by atoms with Gasteiger partial charge in [0.05, 0.1) is 40.7 Å². The molecule has 0 aliphatic heterocycles. The second-order valence-corrected chi connectivity index (χ2v) is 17.9. The van der Waals surface area contributed by atoms with Crippen LogP contribution in [0.15, 0.2) is 77.9 Å². The molecule has 4 rings (SSSR count). The summed E-state index contributed by atoms with van der Waals surface area (Å²) in [5.74, 6) is 0. The Bertz CT molecular complexity index is 2600. The van der Waals surface area contributed by atoms with Crippen LogP contribution in [-0.2, 0) is 60.7 Å². The van der Waals surface area contributed by atoms with Crippen LogP contribution in [0.3, 0.4) is 0 Å². The van der Waals surface area contributed by atoms with Gasteiger partial charge in [0.15, 0.2) is 5.11 Å². The molecule has 4 aromatic rings. The molecule has 0 amide bonds. The number of hydrogen-bond acceptors (Lipinski definition) is 19. The standard InChI is InChI=1S/C21H16N2O18S7.6Na/c24-43(25,26)11-1-9-3-13(45(30,31)32)7-17(47(36,37)38)19(9)15(5-11)22-21(42)23-16-6-12(44(27,28)29)2-10-4-14(46(33,34)35)8-18(20(10)16)48(39,40)41;;;;;;/h1-8H,(H2,22,23,42)(H,24,25,26)(H,27,28,29)(H,30,31,32)(H,33,34,35)(H,36,37,38)(H,39,40,41);;;;;;/q;6*+1/p-6. The van der Waals surface area contributed by atoms with E-state index in [4.69, 9.17) is 12.2 Å². The van der Waals surface area contributed by atoms with E-state index >= 15 is 0 Å². The molecule has 0 bridgehead atoms. The molecule has 0 radical (unpaired) electrons. The van der Waals surface area contributed by atoms with E-state index in [9.17, 15) is 77.8 Å². The summed E-state index contributed by atoms with van der Waals surface area (Å²) in [5, 5.41) is -0.0337. The molecule has 54 heavy (non-hydrogen) atoms. The van der Waals surface area contributed by atoms with Crippen LogP contribution in [0.4, 0.5) is 11.4 Å². The molecule has 4 aromatic carbocycles. The molecule has 0 heterocycles. The maximum Gasteiger partial charge on any atom is 1.00 e. The van der Waals surface area contributed by atoms with E-state index in [1.165, 1.54) is 0 Å². The van der Waals surface area contributed by atoms with E-state index in [-0.39, 0.29) is 189 Å². The van der Waals surface area contributed by atoms with Gasteiger partial charge in [-0.2, -0.15) is 0 Å². The van der Waals surface area contributed by atoms with E-state index in [1.807, 2.05) is 0 Å². The number of thiocarbonyl (C=S) groups is 1. The van der Waals surface area contributed by atoms with Crippen LogP contribution in [0.2, 0.25) is 0 Å². The molecule has 0 saturated carbocycles. The van der Waals surface area contributed by atoms with Crippen molar-refractivity contribution in [2.75, 3.05) is 10.6 Å². The van der Waals surface area contributed by atoms with Crippen molar-refractivity contribution in [3.8, 4) is 0 Å². The van der Waals surface area contributed by atoms with Crippen LogP contribution >= 0.6 is 12.2 Å². The summed E-state index contributed by atoms with van der Waals surface area (Å²) in [7, 11) is -33.5. The third-order valence-corrected chi connectivity index (χ3v) is 11.3. The second kappa shape index (κ2) is 21.6. The first-order valence-electron chi connectivity index (χ1n) is 11.5. The number of hydrogen-bond donors (Lipinski definition) is 2. The van der Waals surface area contributed by atoms with Crippen molar-refractivity contribution >= 4 is 111 Å². The zero-order valence-electron chi connectivity index (χ0n) is 28.3. The van der Waals surface area contributed by atoms with E-state index in [0.29, 0.717) is 36.4 Å². The average molecular weight is 941 g/mol. The zero-order chi connectivity index (χ0) is 36.6.